The molecule has 1 unspecified atom stereocenters. The molecule has 6 nitrogen and oxygen atoms in total. The van der Waals surface area contributed by atoms with Crippen LogP contribution >= 0.6 is 0 Å². The van der Waals surface area contributed by atoms with Gasteiger partial charge in [-0.1, -0.05) is 42.5 Å². The van der Waals surface area contributed by atoms with Crippen molar-refractivity contribution in [1.82, 2.24) is 0 Å². The Morgan fingerprint density at radius 1 is 0.963 bits per heavy atom. The lowest BCUT2D eigenvalue weighted by Crippen LogP contribution is -2.57. The number of carboxylic acid groups (broad SMARTS) is 1. The van der Waals surface area contributed by atoms with Crippen molar-refractivity contribution >= 4 is 11.9 Å². The zero-order chi connectivity index (χ0) is 20.1. The molecule has 0 amide bonds. The number of carbonyl (C=O) groups excluding carboxylic acids is 1. The molecule has 2 aromatic rings. The monoisotopic (exact) mass is 371 g/mol. The predicted octanol–water partition coefficient (Wildman–Crippen LogP) is 2.93. The van der Waals surface area contributed by atoms with Gasteiger partial charge in [0.05, 0.1) is 0 Å². The lowest BCUT2D eigenvalue weighted by Gasteiger charge is -2.24. The second kappa shape index (κ2) is 8.22. The summed E-state index contributed by atoms with van der Waals surface area (Å²) in [5, 5.41) is 9.52. The molecule has 0 fully saturated rings. The number of esters is 1. The summed E-state index contributed by atoms with van der Waals surface area (Å²) < 4.78 is 10.9. The van der Waals surface area contributed by atoms with E-state index in [-0.39, 0.29) is 18.6 Å². The minimum absolute atomic E-state index is 0.0374. The fourth-order valence-corrected chi connectivity index (χ4v) is 2.44. The molecular weight excluding hydrogens is 346 g/mol. The molecule has 1 atom stereocenters. The number of rotatable bonds is 7. The highest BCUT2D eigenvalue weighted by Crippen LogP contribution is 2.21. The van der Waals surface area contributed by atoms with E-state index in [1.165, 1.54) is 0 Å². The quantitative estimate of drug-likeness (QED) is 0.573. The molecule has 2 rings (SSSR count). The molecule has 27 heavy (non-hydrogen) atoms. The van der Waals surface area contributed by atoms with Crippen molar-refractivity contribution < 1.29 is 24.2 Å². The smallest absolute Gasteiger partial charge is 0.338 e. The van der Waals surface area contributed by atoms with Gasteiger partial charge >= 0.3 is 11.9 Å². The summed E-state index contributed by atoms with van der Waals surface area (Å²) in [6.45, 7) is 5.75. The average Bonchev–Trinajstić information content (AvgIpc) is 2.60. The zero-order valence-electron chi connectivity index (χ0n) is 15.8. The van der Waals surface area contributed by atoms with Crippen molar-refractivity contribution in [3.8, 4) is 5.75 Å². The lowest BCUT2D eigenvalue weighted by molar-refractivity contribution is -0.161. The second-order valence-corrected chi connectivity index (χ2v) is 7.37. The maximum atomic E-state index is 12.4. The van der Waals surface area contributed by atoms with Crippen molar-refractivity contribution in [1.29, 1.82) is 0 Å². The van der Waals surface area contributed by atoms with Crippen LogP contribution in [-0.2, 0) is 27.4 Å². The zero-order valence-corrected chi connectivity index (χ0v) is 15.8. The van der Waals surface area contributed by atoms with Gasteiger partial charge in [-0.2, -0.15) is 0 Å². The second-order valence-electron chi connectivity index (χ2n) is 7.37. The highest BCUT2D eigenvalue weighted by Gasteiger charge is 2.44. The van der Waals surface area contributed by atoms with Gasteiger partial charge in [0.25, 0.3) is 0 Å². The number of hydrogen-bond donors (Lipinski definition) is 2. The Morgan fingerprint density at radius 2 is 1.56 bits per heavy atom. The van der Waals surface area contributed by atoms with Crippen molar-refractivity contribution in [2.24, 2.45) is 5.73 Å². The van der Waals surface area contributed by atoms with Crippen LogP contribution in [0, 0.1) is 0 Å². The van der Waals surface area contributed by atoms with Gasteiger partial charge in [0.1, 0.15) is 18.0 Å². The molecule has 2 aromatic carbocycles. The summed E-state index contributed by atoms with van der Waals surface area (Å²) in [5.74, 6) is -1.76. The fraction of sp³-hybridized carbons (Fsp3) is 0.333. The van der Waals surface area contributed by atoms with E-state index in [1.54, 1.807) is 48.5 Å². The molecule has 0 bridgehead atoms. The van der Waals surface area contributed by atoms with Crippen LogP contribution < -0.4 is 10.5 Å². The van der Waals surface area contributed by atoms with E-state index < -0.39 is 17.5 Å². The van der Waals surface area contributed by atoms with E-state index in [4.69, 9.17) is 15.2 Å². The normalized spacial score (nSPS) is 13.5. The Kier molecular flexibility index (Phi) is 6.23. The van der Waals surface area contributed by atoms with Crippen molar-refractivity contribution in [3.63, 3.8) is 0 Å². The molecule has 6 heteroatoms. The van der Waals surface area contributed by atoms with E-state index in [0.29, 0.717) is 11.3 Å². The third-order valence-corrected chi connectivity index (χ3v) is 3.79. The summed E-state index contributed by atoms with van der Waals surface area (Å²) in [4.78, 5) is 24.1. The summed E-state index contributed by atoms with van der Waals surface area (Å²) in [6, 6.07) is 15.8. The standard InChI is InChI=1S/C21H25NO5/c1-20(2,3)27-17-11-9-15(10-12-17)13-21(22,18(23)24)19(25)26-14-16-7-5-4-6-8-16/h4-12H,13-14,22H2,1-3H3,(H,23,24). The van der Waals surface area contributed by atoms with Crippen molar-refractivity contribution in [3.05, 3.63) is 65.7 Å². The molecule has 0 spiro atoms. The number of carbonyl (C=O) groups is 2. The van der Waals surface area contributed by atoms with E-state index in [0.717, 1.165) is 5.56 Å². The number of aliphatic carboxylic acids is 1. The third kappa shape index (κ3) is 5.82. The molecule has 0 aliphatic carbocycles. The molecule has 0 saturated carbocycles. The third-order valence-electron chi connectivity index (χ3n) is 3.79. The molecular formula is C21H25NO5. The van der Waals surface area contributed by atoms with Crippen LogP contribution in [0.1, 0.15) is 31.9 Å². The summed E-state index contributed by atoms with van der Waals surface area (Å²) in [7, 11) is 0. The van der Waals surface area contributed by atoms with Crippen LogP contribution in [0.5, 0.6) is 5.75 Å². The van der Waals surface area contributed by atoms with Crippen LogP contribution in [-0.4, -0.2) is 28.2 Å². The van der Waals surface area contributed by atoms with E-state index >= 15 is 0 Å². The maximum absolute atomic E-state index is 12.4. The van der Waals surface area contributed by atoms with Gasteiger partial charge in [-0.3, -0.25) is 0 Å². The minimum atomic E-state index is -2.17. The molecule has 144 valence electrons. The van der Waals surface area contributed by atoms with Gasteiger partial charge in [-0.15, -0.1) is 0 Å². The Morgan fingerprint density at radius 3 is 2.07 bits per heavy atom. The van der Waals surface area contributed by atoms with Gasteiger partial charge < -0.3 is 20.3 Å². The lowest BCUT2D eigenvalue weighted by atomic mass is 9.92. The van der Waals surface area contributed by atoms with Gasteiger partial charge in [-0.05, 0) is 44.0 Å². The molecule has 0 aromatic heterocycles. The first-order valence-electron chi connectivity index (χ1n) is 8.61. The first-order chi connectivity index (χ1) is 12.6. The SMILES string of the molecule is CC(C)(C)Oc1ccc(CC(N)(C(=O)O)C(=O)OCc2ccccc2)cc1. The number of hydrogen-bond acceptors (Lipinski definition) is 5. The topological polar surface area (TPSA) is 98.9 Å². The Bertz CT molecular complexity index is 780. The van der Waals surface area contributed by atoms with Crippen LogP contribution in [0.15, 0.2) is 54.6 Å². The van der Waals surface area contributed by atoms with Gasteiger partial charge in [0.2, 0.25) is 5.54 Å². The Labute approximate surface area is 158 Å². The number of carboxylic acids is 1. The molecule has 0 heterocycles. The molecule has 0 aliphatic heterocycles. The Balaban J connectivity index is 2.08. The summed E-state index contributed by atoms with van der Waals surface area (Å²) in [6.07, 6.45) is -0.189. The van der Waals surface area contributed by atoms with Crippen LogP contribution in [0.2, 0.25) is 0 Å². The van der Waals surface area contributed by atoms with Gasteiger partial charge in [0.15, 0.2) is 0 Å². The largest absolute Gasteiger partial charge is 0.488 e. The molecule has 3 N–H and O–H groups in total. The average molecular weight is 371 g/mol. The van der Waals surface area contributed by atoms with E-state index in [9.17, 15) is 14.7 Å². The van der Waals surface area contributed by atoms with E-state index in [1.807, 2.05) is 26.8 Å². The van der Waals surface area contributed by atoms with Crippen molar-refractivity contribution in [2.75, 3.05) is 0 Å². The first-order valence-corrected chi connectivity index (χ1v) is 8.61. The summed E-state index contributed by atoms with van der Waals surface area (Å²) >= 11 is 0. The van der Waals surface area contributed by atoms with Gasteiger partial charge in [0, 0.05) is 6.42 Å². The summed E-state index contributed by atoms with van der Waals surface area (Å²) in [5.41, 5.74) is 4.75. The molecule has 0 radical (unpaired) electrons. The number of nitrogens with two attached hydrogens (primary N) is 1. The predicted molar refractivity (Wildman–Crippen MR) is 101 cm³/mol. The van der Waals surface area contributed by atoms with E-state index in [2.05, 4.69) is 0 Å². The fourth-order valence-electron chi connectivity index (χ4n) is 2.44. The number of benzene rings is 2. The van der Waals surface area contributed by atoms with Crippen LogP contribution in [0.3, 0.4) is 0 Å². The van der Waals surface area contributed by atoms with Crippen molar-refractivity contribution in [2.45, 2.75) is 44.9 Å². The molecule has 0 saturated heterocycles. The molecule has 0 aliphatic rings. The highest BCUT2D eigenvalue weighted by molar-refractivity contribution is 6.04. The Hall–Kier alpha value is -2.86. The maximum Gasteiger partial charge on any atom is 0.338 e. The van der Waals surface area contributed by atoms with Gasteiger partial charge in [-0.25, -0.2) is 9.59 Å². The first kappa shape index (κ1) is 20.5. The van der Waals surface area contributed by atoms with Crippen LogP contribution in [0.25, 0.3) is 0 Å². The minimum Gasteiger partial charge on any atom is -0.488 e. The highest BCUT2D eigenvalue weighted by atomic mass is 16.5. The number of ether oxygens (including phenoxy) is 2. The van der Waals surface area contributed by atoms with Crippen LogP contribution in [0.4, 0.5) is 0 Å².